The van der Waals surface area contributed by atoms with Gasteiger partial charge in [-0.1, -0.05) is 76.2 Å². The maximum Gasteiger partial charge on any atom is 0.276 e. The molecular formula is C8H6Cl6N2O2. The first-order valence-electron chi connectivity index (χ1n) is 4.07. The van der Waals surface area contributed by atoms with Crippen molar-refractivity contribution < 1.29 is 9.59 Å². The average molecular weight is 375 g/mol. The first kappa shape index (κ1) is 18.2. The molecule has 18 heavy (non-hydrogen) atoms. The molecule has 2 amide bonds. The Morgan fingerprint density at radius 1 is 0.944 bits per heavy atom. The average Bonchev–Trinajstić information content (AvgIpc) is 2.20. The second kappa shape index (κ2) is 7.08. The van der Waals surface area contributed by atoms with Crippen LogP contribution in [0.25, 0.3) is 0 Å². The van der Waals surface area contributed by atoms with E-state index in [4.69, 9.17) is 69.6 Å². The maximum atomic E-state index is 11.3. The number of carbonyl (C=O) groups is 2. The zero-order valence-electron chi connectivity index (χ0n) is 8.45. The van der Waals surface area contributed by atoms with Crippen LogP contribution in [0.3, 0.4) is 0 Å². The molecule has 2 N–H and O–H groups in total. The lowest BCUT2D eigenvalue weighted by Gasteiger charge is -2.13. The molecule has 0 aromatic rings. The number of carbonyl (C=O) groups excluding carboxylic acids is 2. The Morgan fingerprint density at radius 2 is 1.39 bits per heavy atom. The Labute approximate surface area is 133 Å². The Kier molecular flexibility index (Phi) is 7.14. The number of nitrogens with one attached hydrogen (secondary N) is 2. The van der Waals surface area contributed by atoms with Gasteiger partial charge in [-0.05, 0) is 6.08 Å². The minimum absolute atomic E-state index is 0.0499. The number of alkyl halides is 6. The number of amides is 2. The first-order chi connectivity index (χ1) is 7.98. The Hall–Kier alpha value is 0.160. The molecule has 0 heterocycles. The van der Waals surface area contributed by atoms with E-state index in [1.165, 1.54) is 6.08 Å². The van der Waals surface area contributed by atoms with E-state index in [2.05, 4.69) is 17.2 Å². The highest BCUT2D eigenvalue weighted by molar-refractivity contribution is 6.76. The quantitative estimate of drug-likeness (QED) is 0.589. The fourth-order valence-corrected chi connectivity index (χ4v) is 0.879. The van der Waals surface area contributed by atoms with Gasteiger partial charge in [0.25, 0.3) is 19.4 Å². The molecule has 0 bridgehead atoms. The van der Waals surface area contributed by atoms with E-state index in [1.807, 2.05) is 0 Å². The highest BCUT2D eigenvalue weighted by atomic mass is 35.6. The van der Waals surface area contributed by atoms with E-state index in [1.54, 1.807) is 0 Å². The highest BCUT2D eigenvalue weighted by Crippen LogP contribution is 2.27. The van der Waals surface area contributed by atoms with Crippen LogP contribution in [0, 0.1) is 0 Å². The predicted molar refractivity (Wildman–Crippen MR) is 75.1 cm³/mol. The van der Waals surface area contributed by atoms with Crippen LogP contribution >= 0.6 is 69.6 Å². The second-order valence-electron chi connectivity index (χ2n) is 2.73. The molecule has 0 spiro atoms. The Bertz CT molecular complexity index is 382. The molecule has 0 radical (unpaired) electrons. The van der Waals surface area contributed by atoms with E-state index in [0.29, 0.717) is 0 Å². The second-order valence-corrected chi connectivity index (χ2v) is 7.29. The van der Waals surface area contributed by atoms with Gasteiger partial charge in [0, 0.05) is 6.20 Å². The van der Waals surface area contributed by atoms with Crippen LogP contribution in [0.2, 0.25) is 0 Å². The van der Waals surface area contributed by atoms with Crippen LogP contribution in [-0.4, -0.2) is 19.4 Å². The highest BCUT2D eigenvalue weighted by Gasteiger charge is 2.31. The molecule has 0 aromatic carbocycles. The lowest BCUT2D eigenvalue weighted by Crippen LogP contribution is -2.36. The standard InChI is InChI=1S/C8H6Cl6N2O2/c1-2-4(16-6(18)8(12,13)14)3-15-5(17)7(9,10)11/h2-3H,1H2,(H,15,17)(H,16,18)/b4-3-. The summed E-state index contributed by atoms with van der Waals surface area (Å²) < 4.78 is -4.29. The van der Waals surface area contributed by atoms with Gasteiger partial charge in [0.05, 0.1) is 5.70 Å². The van der Waals surface area contributed by atoms with Crippen LogP contribution in [0.5, 0.6) is 0 Å². The SMILES string of the molecule is C=C/C(=C/NC(=O)C(Cl)(Cl)Cl)NC(=O)C(Cl)(Cl)Cl. The van der Waals surface area contributed by atoms with E-state index in [0.717, 1.165) is 6.20 Å². The van der Waals surface area contributed by atoms with Crippen molar-refractivity contribution in [2.75, 3.05) is 0 Å². The summed E-state index contributed by atoms with van der Waals surface area (Å²) in [6, 6.07) is 0. The third-order valence-electron chi connectivity index (χ3n) is 1.35. The third-order valence-corrected chi connectivity index (χ3v) is 2.38. The van der Waals surface area contributed by atoms with Gasteiger partial charge in [-0.15, -0.1) is 0 Å². The van der Waals surface area contributed by atoms with Crippen molar-refractivity contribution in [3.63, 3.8) is 0 Å². The number of hydrogen-bond donors (Lipinski definition) is 2. The Morgan fingerprint density at radius 3 is 1.72 bits per heavy atom. The fourth-order valence-electron chi connectivity index (χ4n) is 0.573. The number of halogens is 6. The molecule has 0 fully saturated rings. The van der Waals surface area contributed by atoms with E-state index >= 15 is 0 Å². The smallest absolute Gasteiger partial charge is 0.276 e. The molecule has 0 rings (SSSR count). The molecule has 0 aromatic heterocycles. The number of rotatable bonds is 3. The van der Waals surface area contributed by atoms with Gasteiger partial charge in [-0.25, -0.2) is 0 Å². The normalized spacial score (nSPS) is 12.9. The minimum atomic E-state index is -2.15. The van der Waals surface area contributed by atoms with Gasteiger partial charge in [0.15, 0.2) is 0 Å². The summed E-state index contributed by atoms with van der Waals surface area (Å²) in [4.78, 5) is 22.5. The summed E-state index contributed by atoms with van der Waals surface area (Å²) in [7, 11) is 0. The molecule has 0 atom stereocenters. The lowest BCUT2D eigenvalue weighted by atomic mass is 10.4. The monoisotopic (exact) mass is 372 g/mol. The maximum absolute atomic E-state index is 11.3. The van der Waals surface area contributed by atoms with Crippen molar-refractivity contribution in [2.45, 2.75) is 7.59 Å². The minimum Gasteiger partial charge on any atom is -0.327 e. The summed E-state index contributed by atoms with van der Waals surface area (Å²) in [5.74, 6) is -1.85. The van der Waals surface area contributed by atoms with E-state index in [-0.39, 0.29) is 5.70 Å². The van der Waals surface area contributed by atoms with Gasteiger partial charge in [0.1, 0.15) is 0 Å². The summed E-state index contributed by atoms with van der Waals surface area (Å²) in [6.07, 6.45) is 2.22. The summed E-state index contributed by atoms with van der Waals surface area (Å²) in [6.45, 7) is 3.37. The molecule has 0 aliphatic carbocycles. The largest absolute Gasteiger partial charge is 0.327 e. The van der Waals surface area contributed by atoms with Gasteiger partial charge >= 0.3 is 0 Å². The number of allylic oxidation sites excluding steroid dienone is 1. The topological polar surface area (TPSA) is 58.2 Å². The molecule has 10 heteroatoms. The van der Waals surface area contributed by atoms with Crippen LogP contribution in [-0.2, 0) is 9.59 Å². The fraction of sp³-hybridized carbons (Fsp3) is 0.250. The molecule has 0 aliphatic heterocycles. The third kappa shape index (κ3) is 6.92. The Balaban J connectivity index is 4.67. The predicted octanol–water partition coefficient (Wildman–Crippen LogP) is 2.99. The number of hydrogen-bond acceptors (Lipinski definition) is 2. The van der Waals surface area contributed by atoms with Crippen molar-refractivity contribution in [1.29, 1.82) is 0 Å². The summed E-state index contributed by atoms with van der Waals surface area (Å²) in [5.41, 5.74) is 0.0499. The van der Waals surface area contributed by atoms with Gasteiger partial charge < -0.3 is 10.6 Å². The van der Waals surface area contributed by atoms with Crippen LogP contribution in [0.4, 0.5) is 0 Å². The van der Waals surface area contributed by atoms with Crippen LogP contribution < -0.4 is 10.6 Å². The van der Waals surface area contributed by atoms with Crippen LogP contribution in [0.15, 0.2) is 24.6 Å². The first-order valence-corrected chi connectivity index (χ1v) is 6.33. The summed E-state index contributed by atoms with van der Waals surface area (Å²) >= 11 is 31.9. The molecule has 0 aliphatic rings. The van der Waals surface area contributed by atoms with Crippen molar-refractivity contribution in [2.24, 2.45) is 0 Å². The van der Waals surface area contributed by atoms with E-state index in [9.17, 15) is 9.59 Å². The molecule has 0 saturated carbocycles. The molecular weight excluding hydrogens is 369 g/mol. The lowest BCUT2D eigenvalue weighted by molar-refractivity contribution is -0.120. The van der Waals surface area contributed by atoms with Crippen molar-refractivity contribution >= 4 is 81.4 Å². The molecule has 4 nitrogen and oxygen atoms in total. The van der Waals surface area contributed by atoms with Gasteiger partial charge in [-0.2, -0.15) is 0 Å². The van der Waals surface area contributed by atoms with Crippen molar-refractivity contribution in [3.05, 3.63) is 24.6 Å². The zero-order chi connectivity index (χ0) is 14.6. The van der Waals surface area contributed by atoms with Crippen molar-refractivity contribution in [1.82, 2.24) is 10.6 Å². The van der Waals surface area contributed by atoms with Crippen molar-refractivity contribution in [3.8, 4) is 0 Å². The zero-order valence-corrected chi connectivity index (χ0v) is 13.0. The van der Waals surface area contributed by atoms with Gasteiger partial charge in [0.2, 0.25) is 0 Å². The molecule has 102 valence electrons. The van der Waals surface area contributed by atoms with Crippen LogP contribution in [0.1, 0.15) is 0 Å². The van der Waals surface area contributed by atoms with Gasteiger partial charge in [-0.3, -0.25) is 9.59 Å². The summed E-state index contributed by atoms with van der Waals surface area (Å²) in [5, 5.41) is 4.30. The molecule has 0 saturated heterocycles. The van der Waals surface area contributed by atoms with E-state index < -0.39 is 19.4 Å². The molecule has 0 unspecified atom stereocenters.